The molecule has 2 fully saturated rings. The van der Waals surface area contributed by atoms with Crippen LogP contribution in [-0.4, -0.2) is 56.2 Å². The number of likely N-dealkylation sites (tertiary alicyclic amines) is 1. The maximum atomic E-state index is 12.4. The molecule has 0 bridgehead atoms. The van der Waals surface area contributed by atoms with Crippen LogP contribution in [0.1, 0.15) is 19.3 Å². The maximum Gasteiger partial charge on any atom is 0.252 e. The first-order valence-electron chi connectivity index (χ1n) is 8.06. The second-order valence-corrected chi connectivity index (χ2v) is 5.94. The first-order chi connectivity index (χ1) is 11.6. The molecule has 7 nitrogen and oxygen atoms in total. The number of amides is 2. The van der Waals surface area contributed by atoms with Crippen LogP contribution in [0, 0.1) is 0 Å². The van der Waals surface area contributed by atoms with Crippen molar-refractivity contribution < 1.29 is 23.8 Å². The molecule has 3 rings (SSSR count). The second-order valence-electron chi connectivity index (χ2n) is 5.94. The van der Waals surface area contributed by atoms with Gasteiger partial charge in [0.05, 0.1) is 20.1 Å². The summed E-state index contributed by atoms with van der Waals surface area (Å²) in [6.07, 6.45) is 2.04. The first kappa shape index (κ1) is 16.6. The standard InChI is InChI=1S/C17H22N2O5/c1-22-7-8-24-15-9-11(3-6-14(15)23-2)18-13-10-16(20)19(17(13)21)12-4-5-12/h3,6,9,12-13,18H,4-5,7-8,10H2,1-2H3/t13-/m1/s1. The Hall–Kier alpha value is -2.28. The highest BCUT2D eigenvalue weighted by molar-refractivity contribution is 6.07. The summed E-state index contributed by atoms with van der Waals surface area (Å²) in [6, 6.07) is 4.94. The smallest absolute Gasteiger partial charge is 0.252 e. The lowest BCUT2D eigenvalue weighted by atomic mass is 10.2. The van der Waals surface area contributed by atoms with Gasteiger partial charge in [-0.05, 0) is 25.0 Å². The summed E-state index contributed by atoms with van der Waals surface area (Å²) in [6.45, 7) is 0.861. The average Bonchev–Trinajstić information content (AvgIpc) is 3.35. The van der Waals surface area contributed by atoms with E-state index in [1.54, 1.807) is 32.4 Å². The Morgan fingerprint density at radius 1 is 1.17 bits per heavy atom. The third-order valence-electron chi connectivity index (χ3n) is 4.14. The molecule has 0 aromatic heterocycles. The zero-order chi connectivity index (χ0) is 17.1. The summed E-state index contributed by atoms with van der Waals surface area (Å²) in [5.41, 5.74) is 0.715. The molecule has 24 heavy (non-hydrogen) atoms. The molecule has 1 aromatic carbocycles. The largest absolute Gasteiger partial charge is 0.493 e. The number of benzene rings is 1. The molecule has 1 saturated heterocycles. The van der Waals surface area contributed by atoms with Crippen LogP contribution in [0.2, 0.25) is 0 Å². The van der Waals surface area contributed by atoms with Crippen molar-refractivity contribution in [1.82, 2.24) is 4.90 Å². The normalized spacial score (nSPS) is 20.4. The van der Waals surface area contributed by atoms with Gasteiger partial charge in [-0.3, -0.25) is 14.5 Å². The summed E-state index contributed by atoms with van der Waals surface area (Å²) in [5.74, 6) is 0.936. The van der Waals surface area contributed by atoms with Crippen LogP contribution in [0.4, 0.5) is 5.69 Å². The van der Waals surface area contributed by atoms with Crippen LogP contribution < -0.4 is 14.8 Å². The highest BCUT2D eigenvalue weighted by atomic mass is 16.5. The molecule has 0 radical (unpaired) electrons. The molecule has 130 valence electrons. The highest BCUT2D eigenvalue weighted by Gasteiger charge is 2.46. The van der Waals surface area contributed by atoms with E-state index in [-0.39, 0.29) is 24.3 Å². The lowest BCUT2D eigenvalue weighted by Crippen LogP contribution is -2.36. The maximum absolute atomic E-state index is 12.4. The van der Waals surface area contributed by atoms with Gasteiger partial charge < -0.3 is 19.5 Å². The molecule has 1 N–H and O–H groups in total. The van der Waals surface area contributed by atoms with Crippen LogP contribution in [0.25, 0.3) is 0 Å². The molecule has 0 spiro atoms. The molecule has 2 aliphatic rings. The topological polar surface area (TPSA) is 77.1 Å². The number of hydrogen-bond donors (Lipinski definition) is 1. The van der Waals surface area contributed by atoms with E-state index in [0.29, 0.717) is 30.4 Å². The molecule has 0 unspecified atom stereocenters. The highest BCUT2D eigenvalue weighted by Crippen LogP contribution is 2.34. The number of rotatable bonds is 8. The number of carbonyl (C=O) groups is 2. The van der Waals surface area contributed by atoms with Gasteiger partial charge >= 0.3 is 0 Å². The molecule has 7 heteroatoms. The molecular formula is C17H22N2O5. The average molecular weight is 334 g/mol. The van der Waals surface area contributed by atoms with Gasteiger partial charge in [0, 0.05) is 24.9 Å². The van der Waals surface area contributed by atoms with Gasteiger partial charge in [-0.25, -0.2) is 0 Å². The van der Waals surface area contributed by atoms with Crippen molar-refractivity contribution in [3.8, 4) is 11.5 Å². The molecule has 1 aliphatic heterocycles. The molecule has 2 amide bonds. The predicted molar refractivity (Wildman–Crippen MR) is 87.3 cm³/mol. The third kappa shape index (κ3) is 3.46. The lowest BCUT2D eigenvalue weighted by Gasteiger charge is -2.17. The number of ether oxygens (including phenoxy) is 3. The number of nitrogens with one attached hydrogen (secondary N) is 1. The van der Waals surface area contributed by atoms with E-state index in [1.165, 1.54) is 4.90 Å². The van der Waals surface area contributed by atoms with Crippen LogP contribution in [0.3, 0.4) is 0 Å². The van der Waals surface area contributed by atoms with E-state index in [0.717, 1.165) is 12.8 Å². The van der Waals surface area contributed by atoms with E-state index in [9.17, 15) is 9.59 Å². The number of anilines is 1. The van der Waals surface area contributed by atoms with E-state index < -0.39 is 6.04 Å². The third-order valence-corrected chi connectivity index (χ3v) is 4.14. The van der Waals surface area contributed by atoms with Crippen molar-refractivity contribution in [3.63, 3.8) is 0 Å². The second kappa shape index (κ2) is 7.09. The summed E-state index contributed by atoms with van der Waals surface area (Å²) in [7, 11) is 3.17. The number of hydrogen-bond acceptors (Lipinski definition) is 6. The summed E-state index contributed by atoms with van der Waals surface area (Å²) in [5, 5.41) is 3.14. The summed E-state index contributed by atoms with van der Waals surface area (Å²) < 4.78 is 15.9. The Kier molecular flexibility index (Phi) is 4.89. The van der Waals surface area contributed by atoms with Gasteiger partial charge in [0.1, 0.15) is 12.6 Å². The van der Waals surface area contributed by atoms with E-state index in [1.807, 2.05) is 0 Å². The molecule has 1 saturated carbocycles. The lowest BCUT2D eigenvalue weighted by molar-refractivity contribution is -0.139. The van der Waals surface area contributed by atoms with Crippen molar-refractivity contribution >= 4 is 17.5 Å². The zero-order valence-electron chi connectivity index (χ0n) is 13.9. The van der Waals surface area contributed by atoms with Gasteiger partial charge in [-0.2, -0.15) is 0 Å². The fourth-order valence-electron chi connectivity index (χ4n) is 2.80. The quantitative estimate of drug-likeness (QED) is 0.572. The Balaban J connectivity index is 1.69. The zero-order valence-corrected chi connectivity index (χ0v) is 13.9. The minimum Gasteiger partial charge on any atom is -0.493 e. The fraction of sp³-hybridized carbons (Fsp3) is 0.529. The van der Waals surface area contributed by atoms with E-state index in [2.05, 4.69) is 5.32 Å². The predicted octanol–water partition coefficient (Wildman–Crippen LogP) is 1.42. The Morgan fingerprint density at radius 3 is 2.62 bits per heavy atom. The minimum atomic E-state index is -0.515. The molecular weight excluding hydrogens is 312 g/mol. The van der Waals surface area contributed by atoms with Gasteiger partial charge in [0.25, 0.3) is 5.91 Å². The van der Waals surface area contributed by atoms with Gasteiger partial charge in [-0.15, -0.1) is 0 Å². The van der Waals surface area contributed by atoms with Crippen molar-refractivity contribution in [2.24, 2.45) is 0 Å². The summed E-state index contributed by atoms with van der Waals surface area (Å²) in [4.78, 5) is 25.8. The van der Waals surface area contributed by atoms with Crippen molar-refractivity contribution in [2.45, 2.75) is 31.3 Å². The Morgan fingerprint density at radius 2 is 1.96 bits per heavy atom. The van der Waals surface area contributed by atoms with E-state index in [4.69, 9.17) is 14.2 Å². The van der Waals surface area contributed by atoms with Crippen molar-refractivity contribution in [2.75, 3.05) is 32.8 Å². The SMILES string of the molecule is COCCOc1cc(N[C@@H]2CC(=O)N(C3CC3)C2=O)ccc1OC. The number of methoxy groups -OCH3 is 2. The van der Waals surface area contributed by atoms with E-state index >= 15 is 0 Å². The molecule has 1 heterocycles. The van der Waals surface area contributed by atoms with Crippen LogP contribution >= 0.6 is 0 Å². The molecule has 1 aromatic rings. The fourth-order valence-corrected chi connectivity index (χ4v) is 2.80. The van der Waals surface area contributed by atoms with Crippen LogP contribution in [0.15, 0.2) is 18.2 Å². The van der Waals surface area contributed by atoms with Crippen molar-refractivity contribution in [3.05, 3.63) is 18.2 Å². The summed E-state index contributed by atoms with van der Waals surface area (Å²) >= 11 is 0. The van der Waals surface area contributed by atoms with Crippen LogP contribution in [-0.2, 0) is 14.3 Å². The van der Waals surface area contributed by atoms with Gasteiger partial charge in [-0.1, -0.05) is 0 Å². The Labute approximate surface area is 140 Å². The number of imide groups is 1. The minimum absolute atomic E-state index is 0.0925. The van der Waals surface area contributed by atoms with Crippen LogP contribution in [0.5, 0.6) is 11.5 Å². The Bertz CT molecular complexity index is 629. The van der Waals surface area contributed by atoms with Gasteiger partial charge in [0.2, 0.25) is 5.91 Å². The van der Waals surface area contributed by atoms with Crippen molar-refractivity contribution in [1.29, 1.82) is 0 Å². The number of nitrogens with zero attached hydrogens (tertiary/aromatic N) is 1. The number of carbonyl (C=O) groups excluding carboxylic acids is 2. The molecule has 1 atom stereocenters. The molecule has 1 aliphatic carbocycles. The first-order valence-corrected chi connectivity index (χ1v) is 8.06. The van der Waals surface area contributed by atoms with Gasteiger partial charge in [0.15, 0.2) is 11.5 Å². The monoisotopic (exact) mass is 334 g/mol.